The van der Waals surface area contributed by atoms with E-state index in [-0.39, 0.29) is 0 Å². The summed E-state index contributed by atoms with van der Waals surface area (Å²) >= 11 is 0. The zero-order valence-corrected chi connectivity index (χ0v) is 11.9. The Bertz CT molecular complexity index is 383. The van der Waals surface area contributed by atoms with Crippen LogP contribution in [0.5, 0.6) is 0 Å². The largest absolute Gasteiger partial charge is 0.0804 e. The van der Waals surface area contributed by atoms with Crippen molar-refractivity contribution in [2.75, 3.05) is 0 Å². The molecular weight excluding hydrogens is 216 g/mol. The predicted molar refractivity (Wildman–Crippen MR) is 80.7 cm³/mol. The molecule has 1 aromatic rings. The molecule has 2 rings (SSSR count). The Balaban J connectivity index is 1.99. The van der Waals surface area contributed by atoms with Crippen LogP contribution >= 0.6 is 0 Å². The first-order valence-electron chi connectivity index (χ1n) is 7.61. The molecule has 0 aliphatic heterocycles. The van der Waals surface area contributed by atoms with Gasteiger partial charge in [0.15, 0.2) is 0 Å². The highest BCUT2D eigenvalue weighted by atomic mass is 14.2. The Morgan fingerprint density at radius 1 is 1.11 bits per heavy atom. The number of unbranched alkanes of at least 4 members (excludes halogenated alkanes) is 1. The molecule has 0 N–H and O–H groups in total. The van der Waals surface area contributed by atoms with Crippen molar-refractivity contribution in [1.82, 2.24) is 0 Å². The molecule has 0 radical (unpaired) electrons. The number of hydrogen-bond acceptors (Lipinski definition) is 0. The lowest BCUT2D eigenvalue weighted by Crippen LogP contribution is -2.03. The molecule has 0 amide bonds. The van der Waals surface area contributed by atoms with Crippen molar-refractivity contribution in [3.63, 3.8) is 0 Å². The highest BCUT2D eigenvalue weighted by Gasteiger charge is 2.13. The first-order chi connectivity index (χ1) is 8.83. The summed E-state index contributed by atoms with van der Waals surface area (Å²) in [4.78, 5) is 0. The first kappa shape index (κ1) is 13.4. The van der Waals surface area contributed by atoms with Crippen LogP contribution in [0.2, 0.25) is 0 Å². The zero-order valence-electron chi connectivity index (χ0n) is 11.9. The predicted octanol–water partition coefficient (Wildman–Crippen LogP) is 5.62. The molecule has 0 saturated heterocycles. The Hall–Kier alpha value is -1.04. The summed E-state index contributed by atoms with van der Waals surface area (Å²) in [6, 6.07) is 9.28. The number of hydrogen-bond donors (Lipinski definition) is 0. The van der Waals surface area contributed by atoms with Gasteiger partial charge in [0.1, 0.15) is 0 Å². The minimum atomic E-state index is 0.928. The molecule has 0 bridgehead atoms. The maximum atomic E-state index is 2.47. The smallest absolute Gasteiger partial charge is 0.0228 e. The van der Waals surface area contributed by atoms with Crippen LogP contribution in [0, 0.1) is 5.92 Å². The van der Waals surface area contributed by atoms with Gasteiger partial charge in [-0.3, -0.25) is 0 Å². The average molecular weight is 242 g/mol. The maximum absolute atomic E-state index is 2.47. The van der Waals surface area contributed by atoms with Gasteiger partial charge in [-0.15, -0.1) is 0 Å². The van der Waals surface area contributed by atoms with Crippen molar-refractivity contribution >= 4 is 5.57 Å². The SMILES string of the molecule is CCCCc1ccc(C2=CCC(CC)CC2)cc1. The summed E-state index contributed by atoms with van der Waals surface area (Å²) in [5.74, 6) is 0.928. The highest BCUT2D eigenvalue weighted by Crippen LogP contribution is 2.31. The second-order valence-electron chi connectivity index (χ2n) is 5.58. The van der Waals surface area contributed by atoms with E-state index in [1.165, 1.54) is 56.1 Å². The van der Waals surface area contributed by atoms with Crippen LogP contribution in [-0.2, 0) is 6.42 Å². The molecule has 18 heavy (non-hydrogen) atoms. The van der Waals surface area contributed by atoms with E-state index in [1.54, 1.807) is 5.57 Å². The van der Waals surface area contributed by atoms with E-state index in [4.69, 9.17) is 0 Å². The van der Waals surface area contributed by atoms with Crippen LogP contribution < -0.4 is 0 Å². The molecule has 1 aromatic carbocycles. The third-order valence-electron chi connectivity index (χ3n) is 4.24. The average Bonchev–Trinajstić information content (AvgIpc) is 2.46. The fourth-order valence-electron chi connectivity index (χ4n) is 2.79. The minimum absolute atomic E-state index is 0.928. The summed E-state index contributed by atoms with van der Waals surface area (Å²) in [5, 5.41) is 0. The second kappa shape index (κ2) is 6.78. The van der Waals surface area contributed by atoms with Crippen molar-refractivity contribution in [2.24, 2.45) is 5.92 Å². The van der Waals surface area contributed by atoms with Gasteiger partial charge in [-0.1, -0.05) is 57.0 Å². The van der Waals surface area contributed by atoms with E-state index in [2.05, 4.69) is 44.2 Å². The lowest BCUT2D eigenvalue weighted by molar-refractivity contribution is 0.471. The lowest BCUT2D eigenvalue weighted by Gasteiger charge is -2.20. The summed E-state index contributed by atoms with van der Waals surface area (Å²) in [6.45, 7) is 4.57. The van der Waals surface area contributed by atoms with Crippen LogP contribution in [0.4, 0.5) is 0 Å². The van der Waals surface area contributed by atoms with Crippen LogP contribution in [0.1, 0.15) is 63.5 Å². The van der Waals surface area contributed by atoms with Gasteiger partial charge in [-0.2, -0.15) is 0 Å². The molecule has 1 aliphatic rings. The zero-order chi connectivity index (χ0) is 12.8. The van der Waals surface area contributed by atoms with Gasteiger partial charge in [0.25, 0.3) is 0 Å². The summed E-state index contributed by atoms with van der Waals surface area (Å²) in [5.41, 5.74) is 4.51. The van der Waals surface area contributed by atoms with Gasteiger partial charge < -0.3 is 0 Å². The van der Waals surface area contributed by atoms with E-state index in [1.807, 2.05) is 0 Å². The van der Waals surface area contributed by atoms with Crippen LogP contribution in [0.3, 0.4) is 0 Å². The monoisotopic (exact) mass is 242 g/mol. The van der Waals surface area contributed by atoms with E-state index < -0.39 is 0 Å². The van der Waals surface area contributed by atoms with Crippen molar-refractivity contribution in [3.05, 3.63) is 41.5 Å². The summed E-state index contributed by atoms with van der Waals surface area (Å²) in [7, 11) is 0. The van der Waals surface area contributed by atoms with Gasteiger partial charge in [-0.05, 0) is 54.7 Å². The Kier molecular flexibility index (Phi) is 5.04. The van der Waals surface area contributed by atoms with Crippen molar-refractivity contribution in [3.8, 4) is 0 Å². The van der Waals surface area contributed by atoms with E-state index in [0.717, 1.165) is 5.92 Å². The van der Waals surface area contributed by atoms with Gasteiger partial charge >= 0.3 is 0 Å². The topological polar surface area (TPSA) is 0 Å². The van der Waals surface area contributed by atoms with Crippen LogP contribution in [0.25, 0.3) is 5.57 Å². The first-order valence-corrected chi connectivity index (χ1v) is 7.61. The van der Waals surface area contributed by atoms with E-state index in [0.29, 0.717) is 0 Å². The summed E-state index contributed by atoms with van der Waals surface area (Å²) < 4.78 is 0. The second-order valence-corrected chi connectivity index (χ2v) is 5.58. The standard InChI is InChI=1S/C18H26/c1-3-5-6-16-9-13-18(14-10-16)17-11-7-15(4-2)8-12-17/h9-11,13-15H,3-8,12H2,1-2H3. The number of aryl methyl sites for hydroxylation is 1. The fourth-order valence-corrected chi connectivity index (χ4v) is 2.79. The summed E-state index contributed by atoms with van der Waals surface area (Å²) in [6.07, 6.45) is 11.5. The normalized spacial score (nSPS) is 19.7. The molecule has 1 aliphatic carbocycles. The molecule has 0 heteroatoms. The van der Waals surface area contributed by atoms with Gasteiger partial charge in [0.05, 0.1) is 0 Å². The van der Waals surface area contributed by atoms with Gasteiger partial charge in [-0.25, -0.2) is 0 Å². The molecule has 0 nitrogen and oxygen atoms in total. The van der Waals surface area contributed by atoms with Crippen molar-refractivity contribution in [2.45, 2.75) is 58.8 Å². The third-order valence-corrected chi connectivity index (χ3v) is 4.24. The van der Waals surface area contributed by atoms with Crippen LogP contribution in [-0.4, -0.2) is 0 Å². The number of benzene rings is 1. The molecule has 1 unspecified atom stereocenters. The molecule has 0 spiro atoms. The van der Waals surface area contributed by atoms with E-state index in [9.17, 15) is 0 Å². The Labute approximate surface area is 112 Å². The number of allylic oxidation sites excluding steroid dienone is 2. The van der Waals surface area contributed by atoms with Crippen molar-refractivity contribution in [1.29, 1.82) is 0 Å². The molecule has 0 saturated carbocycles. The van der Waals surface area contributed by atoms with Gasteiger partial charge in [0.2, 0.25) is 0 Å². The Morgan fingerprint density at radius 3 is 2.44 bits per heavy atom. The molecule has 1 atom stereocenters. The van der Waals surface area contributed by atoms with E-state index >= 15 is 0 Å². The van der Waals surface area contributed by atoms with Crippen LogP contribution in [0.15, 0.2) is 30.3 Å². The molecule has 0 fully saturated rings. The number of rotatable bonds is 5. The van der Waals surface area contributed by atoms with Crippen molar-refractivity contribution < 1.29 is 0 Å². The molecule has 0 aromatic heterocycles. The molecule has 0 heterocycles. The Morgan fingerprint density at radius 2 is 1.89 bits per heavy atom. The quantitative estimate of drug-likeness (QED) is 0.628. The maximum Gasteiger partial charge on any atom is -0.0228 e. The third kappa shape index (κ3) is 3.48. The lowest BCUT2D eigenvalue weighted by atomic mass is 9.85. The fraction of sp³-hybridized carbons (Fsp3) is 0.556. The van der Waals surface area contributed by atoms with Gasteiger partial charge in [0, 0.05) is 0 Å². The minimum Gasteiger partial charge on any atom is -0.0804 e. The molecule has 98 valence electrons. The highest BCUT2D eigenvalue weighted by molar-refractivity contribution is 5.66. The molecular formula is C18H26.